The molecule has 1 aliphatic carbocycles. The Morgan fingerprint density at radius 3 is 3.00 bits per heavy atom. The average Bonchev–Trinajstić information content (AvgIpc) is 2.31. The van der Waals surface area contributed by atoms with Crippen LogP contribution in [0, 0.1) is 5.92 Å². The first kappa shape index (κ1) is 7.73. The summed E-state index contributed by atoms with van der Waals surface area (Å²) in [6.07, 6.45) is 3.90. The van der Waals surface area contributed by atoms with Crippen molar-refractivity contribution in [2.45, 2.75) is 25.7 Å². The van der Waals surface area contributed by atoms with Crippen molar-refractivity contribution in [2.75, 3.05) is 13.7 Å². The highest BCUT2D eigenvalue weighted by Gasteiger charge is 2.23. The molecule has 1 rings (SSSR count). The summed E-state index contributed by atoms with van der Waals surface area (Å²) in [6, 6.07) is 0. The number of hydrogen-bond acceptors (Lipinski definition) is 2. The smallest absolute Gasteiger partial charge is 0.136 e. The van der Waals surface area contributed by atoms with Crippen molar-refractivity contribution in [1.82, 2.24) is 0 Å². The molecule has 0 aromatic heterocycles. The minimum absolute atomic E-state index is 0.319. The van der Waals surface area contributed by atoms with Crippen LogP contribution in [0.5, 0.6) is 0 Å². The molecule has 0 saturated heterocycles. The Labute approximate surface area is 61.6 Å². The summed E-state index contributed by atoms with van der Waals surface area (Å²) < 4.78 is 4.90. The second-order valence-corrected chi connectivity index (χ2v) is 2.84. The van der Waals surface area contributed by atoms with Crippen LogP contribution in [0.2, 0.25) is 0 Å². The lowest BCUT2D eigenvalue weighted by Crippen LogP contribution is -2.08. The molecule has 58 valence electrons. The molecule has 2 heteroatoms. The van der Waals surface area contributed by atoms with E-state index in [-0.39, 0.29) is 0 Å². The third-order valence-corrected chi connectivity index (χ3v) is 2.10. The zero-order valence-corrected chi connectivity index (χ0v) is 6.43. The molecular formula is C8H14O2. The topological polar surface area (TPSA) is 26.3 Å². The Bertz CT molecular complexity index is 120. The molecule has 0 N–H and O–H groups in total. The molecule has 10 heavy (non-hydrogen) atoms. The maximum Gasteiger partial charge on any atom is 0.136 e. The van der Waals surface area contributed by atoms with Crippen LogP contribution in [-0.4, -0.2) is 19.5 Å². The Morgan fingerprint density at radius 2 is 2.50 bits per heavy atom. The molecule has 0 radical (unpaired) electrons. The molecule has 0 unspecified atom stereocenters. The minimum Gasteiger partial charge on any atom is -0.385 e. The van der Waals surface area contributed by atoms with Gasteiger partial charge >= 0.3 is 0 Å². The van der Waals surface area contributed by atoms with E-state index in [1.54, 1.807) is 7.11 Å². The monoisotopic (exact) mass is 142 g/mol. The number of carbonyl (C=O) groups excluding carboxylic acids is 1. The van der Waals surface area contributed by atoms with Crippen LogP contribution in [0.25, 0.3) is 0 Å². The highest BCUT2D eigenvalue weighted by atomic mass is 16.5. The van der Waals surface area contributed by atoms with Crippen LogP contribution < -0.4 is 0 Å². The first-order chi connectivity index (χ1) is 4.84. The van der Waals surface area contributed by atoms with E-state index in [9.17, 15) is 4.79 Å². The molecule has 2 nitrogen and oxygen atoms in total. The molecule has 0 aromatic carbocycles. The summed E-state index contributed by atoms with van der Waals surface area (Å²) in [5.74, 6) is 0.761. The lowest BCUT2D eigenvalue weighted by Gasteiger charge is -2.04. The van der Waals surface area contributed by atoms with E-state index in [0.29, 0.717) is 11.7 Å². The fourth-order valence-electron chi connectivity index (χ4n) is 1.45. The SMILES string of the molecule is COCC[C@H]1CCCC1=O. The first-order valence-electron chi connectivity index (χ1n) is 3.86. The molecule has 1 fully saturated rings. The van der Waals surface area contributed by atoms with Gasteiger partial charge in [-0.1, -0.05) is 0 Å². The summed E-state index contributed by atoms with van der Waals surface area (Å²) >= 11 is 0. The van der Waals surface area contributed by atoms with Gasteiger partial charge in [0.1, 0.15) is 5.78 Å². The Balaban J connectivity index is 2.20. The zero-order chi connectivity index (χ0) is 7.40. The van der Waals surface area contributed by atoms with E-state index in [1.165, 1.54) is 0 Å². The maximum atomic E-state index is 11.0. The highest BCUT2D eigenvalue weighted by Crippen LogP contribution is 2.23. The van der Waals surface area contributed by atoms with Gasteiger partial charge in [0.05, 0.1) is 0 Å². The first-order valence-corrected chi connectivity index (χ1v) is 3.86. The Kier molecular flexibility index (Phi) is 2.87. The van der Waals surface area contributed by atoms with Crippen LogP contribution in [0.15, 0.2) is 0 Å². The summed E-state index contributed by atoms with van der Waals surface area (Å²) in [6.45, 7) is 0.733. The predicted molar refractivity (Wildman–Crippen MR) is 38.8 cm³/mol. The number of carbonyl (C=O) groups is 1. The maximum absolute atomic E-state index is 11.0. The van der Waals surface area contributed by atoms with Crippen LogP contribution >= 0.6 is 0 Å². The quantitative estimate of drug-likeness (QED) is 0.595. The van der Waals surface area contributed by atoms with Crippen molar-refractivity contribution >= 4 is 5.78 Å². The lowest BCUT2D eigenvalue weighted by atomic mass is 10.0. The van der Waals surface area contributed by atoms with Crippen LogP contribution in [0.1, 0.15) is 25.7 Å². The van der Waals surface area contributed by atoms with Gasteiger partial charge in [0.2, 0.25) is 0 Å². The van der Waals surface area contributed by atoms with Gasteiger partial charge < -0.3 is 4.74 Å². The van der Waals surface area contributed by atoms with E-state index in [1.807, 2.05) is 0 Å². The van der Waals surface area contributed by atoms with Gasteiger partial charge in [0, 0.05) is 26.1 Å². The molecule has 1 saturated carbocycles. The molecule has 0 heterocycles. The predicted octanol–water partition coefficient (Wildman–Crippen LogP) is 1.39. The third kappa shape index (κ3) is 1.81. The average molecular weight is 142 g/mol. The standard InChI is InChI=1S/C8H14O2/c1-10-6-5-7-3-2-4-8(7)9/h7H,2-6H2,1H3/t7-/m1/s1. The second-order valence-electron chi connectivity index (χ2n) is 2.84. The Morgan fingerprint density at radius 1 is 1.70 bits per heavy atom. The number of ketones is 1. The van der Waals surface area contributed by atoms with Crippen molar-refractivity contribution in [3.63, 3.8) is 0 Å². The summed E-state index contributed by atoms with van der Waals surface area (Å²) in [7, 11) is 1.68. The van der Waals surface area contributed by atoms with Crippen molar-refractivity contribution in [2.24, 2.45) is 5.92 Å². The van der Waals surface area contributed by atoms with E-state index in [2.05, 4.69) is 0 Å². The normalized spacial score (nSPS) is 25.7. The fraction of sp³-hybridized carbons (Fsp3) is 0.875. The lowest BCUT2D eigenvalue weighted by molar-refractivity contribution is -0.121. The molecule has 0 aliphatic heterocycles. The van der Waals surface area contributed by atoms with E-state index in [4.69, 9.17) is 4.74 Å². The second kappa shape index (κ2) is 3.71. The van der Waals surface area contributed by atoms with Crippen LogP contribution in [-0.2, 0) is 9.53 Å². The fourth-order valence-corrected chi connectivity index (χ4v) is 1.45. The number of rotatable bonds is 3. The van der Waals surface area contributed by atoms with Gasteiger partial charge in [0.15, 0.2) is 0 Å². The van der Waals surface area contributed by atoms with Crippen molar-refractivity contribution in [3.8, 4) is 0 Å². The van der Waals surface area contributed by atoms with Gasteiger partial charge in [-0.25, -0.2) is 0 Å². The number of hydrogen-bond donors (Lipinski definition) is 0. The van der Waals surface area contributed by atoms with Gasteiger partial charge in [-0.15, -0.1) is 0 Å². The van der Waals surface area contributed by atoms with E-state index < -0.39 is 0 Å². The summed E-state index contributed by atoms with van der Waals surface area (Å²) in [5, 5.41) is 0. The molecule has 0 amide bonds. The Hall–Kier alpha value is -0.370. The number of Topliss-reactive ketones (excluding diaryl/α,β-unsaturated/α-hetero) is 1. The zero-order valence-electron chi connectivity index (χ0n) is 6.43. The molecule has 0 bridgehead atoms. The van der Waals surface area contributed by atoms with Crippen molar-refractivity contribution in [3.05, 3.63) is 0 Å². The van der Waals surface area contributed by atoms with Crippen LogP contribution in [0.4, 0.5) is 0 Å². The van der Waals surface area contributed by atoms with E-state index in [0.717, 1.165) is 32.3 Å². The molecule has 1 atom stereocenters. The highest BCUT2D eigenvalue weighted by molar-refractivity contribution is 5.82. The van der Waals surface area contributed by atoms with E-state index >= 15 is 0 Å². The molecule has 0 spiro atoms. The molecular weight excluding hydrogens is 128 g/mol. The van der Waals surface area contributed by atoms with Gasteiger partial charge in [-0.3, -0.25) is 4.79 Å². The van der Waals surface area contributed by atoms with Crippen LogP contribution in [0.3, 0.4) is 0 Å². The van der Waals surface area contributed by atoms with Crippen molar-refractivity contribution < 1.29 is 9.53 Å². The van der Waals surface area contributed by atoms with Gasteiger partial charge in [0.25, 0.3) is 0 Å². The largest absolute Gasteiger partial charge is 0.385 e. The summed E-state index contributed by atoms with van der Waals surface area (Å²) in [4.78, 5) is 11.0. The van der Waals surface area contributed by atoms with Crippen molar-refractivity contribution in [1.29, 1.82) is 0 Å². The van der Waals surface area contributed by atoms with Gasteiger partial charge in [-0.05, 0) is 19.3 Å². The van der Waals surface area contributed by atoms with Gasteiger partial charge in [-0.2, -0.15) is 0 Å². The molecule has 0 aromatic rings. The number of methoxy groups -OCH3 is 1. The number of ether oxygens (including phenoxy) is 1. The summed E-state index contributed by atoms with van der Waals surface area (Å²) in [5.41, 5.74) is 0. The molecule has 1 aliphatic rings. The minimum atomic E-state index is 0.319. The third-order valence-electron chi connectivity index (χ3n) is 2.10.